The fourth-order valence-electron chi connectivity index (χ4n) is 1.17. The summed E-state index contributed by atoms with van der Waals surface area (Å²) in [6.07, 6.45) is 0. The predicted molar refractivity (Wildman–Crippen MR) is 59.8 cm³/mol. The van der Waals surface area contributed by atoms with E-state index in [4.69, 9.17) is 10.5 Å². The molecule has 1 aromatic carbocycles. The van der Waals surface area contributed by atoms with Gasteiger partial charge in [0.05, 0.1) is 7.11 Å². The van der Waals surface area contributed by atoms with Crippen LogP contribution < -0.4 is 10.5 Å². The first-order valence-corrected chi connectivity index (χ1v) is 5.16. The van der Waals surface area contributed by atoms with E-state index >= 15 is 0 Å². The van der Waals surface area contributed by atoms with Crippen LogP contribution in [0.2, 0.25) is 0 Å². The molecule has 4 heteroatoms. The summed E-state index contributed by atoms with van der Waals surface area (Å²) in [6, 6.07) is 3.57. The van der Waals surface area contributed by atoms with Crippen LogP contribution in [0, 0.1) is 0 Å². The van der Waals surface area contributed by atoms with Crippen molar-refractivity contribution >= 4 is 15.9 Å². The maximum atomic E-state index is 9.59. The molecule has 0 aliphatic heterocycles. The zero-order chi connectivity index (χ0) is 10.7. The SMILES string of the molecule is COc1cc(C(C)CN)cc(O)c1Br. The Balaban J connectivity index is 3.16. The van der Waals surface area contributed by atoms with Crippen molar-refractivity contribution < 1.29 is 9.84 Å². The lowest BCUT2D eigenvalue weighted by Gasteiger charge is -2.12. The number of phenols is 1. The van der Waals surface area contributed by atoms with Gasteiger partial charge in [0.15, 0.2) is 0 Å². The molecule has 3 nitrogen and oxygen atoms in total. The van der Waals surface area contributed by atoms with Crippen LogP contribution in [0.15, 0.2) is 16.6 Å². The van der Waals surface area contributed by atoms with Gasteiger partial charge in [0, 0.05) is 0 Å². The lowest BCUT2D eigenvalue weighted by Crippen LogP contribution is -2.08. The second-order valence-electron chi connectivity index (χ2n) is 3.19. The van der Waals surface area contributed by atoms with Crippen LogP contribution in [0.3, 0.4) is 0 Å². The van der Waals surface area contributed by atoms with Crippen molar-refractivity contribution in [1.29, 1.82) is 0 Å². The van der Waals surface area contributed by atoms with Gasteiger partial charge in [-0.3, -0.25) is 0 Å². The van der Waals surface area contributed by atoms with E-state index in [-0.39, 0.29) is 11.7 Å². The van der Waals surface area contributed by atoms with Gasteiger partial charge in [-0.1, -0.05) is 6.92 Å². The van der Waals surface area contributed by atoms with Crippen LogP contribution in [-0.4, -0.2) is 18.8 Å². The molecule has 0 radical (unpaired) electrons. The van der Waals surface area contributed by atoms with Gasteiger partial charge in [-0.15, -0.1) is 0 Å². The predicted octanol–water partition coefficient (Wildman–Crippen LogP) is 2.23. The Kier molecular flexibility index (Phi) is 3.77. The number of ether oxygens (including phenoxy) is 1. The van der Waals surface area contributed by atoms with Gasteiger partial charge >= 0.3 is 0 Å². The van der Waals surface area contributed by atoms with Crippen molar-refractivity contribution in [2.45, 2.75) is 12.8 Å². The molecular weight excluding hydrogens is 246 g/mol. The van der Waals surface area contributed by atoms with E-state index in [0.717, 1.165) is 5.56 Å². The van der Waals surface area contributed by atoms with Crippen LogP contribution in [0.4, 0.5) is 0 Å². The molecule has 0 saturated carbocycles. The topological polar surface area (TPSA) is 55.5 Å². The number of phenolic OH excluding ortho intramolecular Hbond substituents is 1. The van der Waals surface area contributed by atoms with E-state index in [1.165, 1.54) is 0 Å². The molecule has 1 aromatic rings. The minimum Gasteiger partial charge on any atom is -0.507 e. The summed E-state index contributed by atoms with van der Waals surface area (Å²) >= 11 is 3.24. The molecule has 0 amide bonds. The van der Waals surface area contributed by atoms with E-state index in [1.54, 1.807) is 13.2 Å². The van der Waals surface area contributed by atoms with Crippen LogP contribution in [-0.2, 0) is 0 Å². The normalized spacial score (nSPS) is 12.6. The number of benzene rings is 1. The van der Waals surface area contributed by atoms with E-state index < -0.39 is 0 Å². The fraction of sp³-hybridized carbons (Fsp3) is 0.400. The molecule has 1 atom stereocenters. The first-order valence-electron chi connectivity index (χ1n) is 4.36. The average molecular weight is 260 g/mol. The Morgan fingerprint density at radius 3 is 2.71 bits per heavy atom. The molecule has 0 saturated heterocycles. The lowest BCUT2D eigenvalue weighted by molar-refractivity contribution is 0.402. The molecule has 1 unspecified atom stereocenters. The Hall–Kier alpha value is -0.740. The van der Waals surface area contributed by atoms with Crippen molar-refractivity contribution in [2.24, 2.45) is 5.73 Å². The molecular formula is C10H14BrNO2. The van der Waals surface area contributed by atoms with Gasteiger partial charge in [0.1, 0.15) is 16.0 Å². The number of rotatable bonds is 3. The average Bonchev–Trinajstić information content (AvgIpc) is 2.20. The van der Waals surface area contributed by atoms with Gasteiger partial charge in [-0.2, -0.15) is 0 Å². The number of aromatic hydroxyl groups is 1. The highest BCUT2D eigenvalue weighted by Gasteiger charge is 2.11. The number of nitrogens with two attached hydrogens (primary N) is 1. The van der Waals surface area contributed by atoms with E-state index in [1.807, 2.05) is 13.0 Å². The summed E-state index contributed by atoms with van der Waals surface area (Å²) in [5.74, 6) is 1.02. The highest BCUT2D eigenvalue weighted by atomic mass is 79.9. The number of halogens is 1. The molecule has 0 bridgehead atoms. The van der Waals surface area contributed by atoms with E-state index in [0.29, 0.717) is 16.8 Å². The molecule has 0 aliphatic rings. The van der Waals surface area contributed by atoms with Gasteiger partial charge < -0.3 is 15.6 Å². The van der Waals surface area contributed by atoms with Crippen LogP contribution in [0.1, 0.15) is 18.4 Å². The Morgan fingerprint density at radius 2 is 2.21 bits per heavy atom. The summed E-state index contributed by atoms with van der Waals surface area (Å²) < 4.78 is 5.69. The van der Waals surface area contributed by atoms with Crippen LogP contribution >= 0.6 is 15.9 Å². The highest BCUT2D eigenvalue weighted by molar-refractivity contribution is 9.10. The Morgan fingerprint density at radius 1 is 1.57 bits per heavy atom. The van der Waals surface area contributed by atoms with Gasteiger partial charge in [-0.25, -0.2) is 0 Å². The van der Waals surface area contributed by atoms with Gasteiger partial charge in [0.25, 0.3) is 0 Å². The maximum absolute atomic E-state index is 9.59. The summed E-state index contributed by atoms with van der Waals surface area (Å²) in [6.45, 7) is 2.55. The standard InChI is InChI=1S/C10H14BrNO2/c1-6(5-12)7-3-8(13)10(11)9(4-7)14-2/h3-4,6,13H,5,12H2,1-2H3. The maximum Gasteiger partial charge on any atom is 0.137 e. The third-order valence-electron chi connectivity index (χ3n) is 2.18. The number of hydrogen-bond acceptors (Lipinski definition) is 3. The van der Waals surface area contributed by atoms with Crippen molar-refractivity contribution in [1.82, 2.24) is 0 Å². The smallest absolute Gasteiger partial charge is 0.137 e. The van der Waals surface area contributed by atoms with Crippen LogP contribution in [0.5, 0.6) is 11.5 Å². The summed E-state index contributed by atoms with van der Waals surface area (Å²) in [4.78, 5) is 0. The summed E-state index contributed by atoms with van der Waals surface area (Å²) in [5.41, 5.74) is 6.53. The molecule has 14 heavy (non-hydrogen) atoms. The molecule has 78 valence electrons. The summed E-state index contributed by atoms with van der Waals surface area (Å²) in [7, 11) is 1.57. The van der Waals surface area contributed by atoms with Crippen molar-refractivity contribution in [3.05, 3.63) is 22.2 Å². The van der Waals surface area contributed by atoms with Crippen molar-refractivity contribution in [3.63, 3.8) is 0 Å². The summed E-state index contributed by atoms with van der Waals surface area (Å²) in [5, 5.41) is 9.59. The minimum atomic E-state index is 0.180. The Bertz CT molecular complexity index is 328. The first-order chi connectivity index (χ1) is 6.60. The van der Waals surface area contributed by atoms with E-state index in [9.17, 15) is 5.11 Å². The molecule has 0 heterocycles. The van der Waals surface area contributed by atoms with Crippen molar-refractivity contribution in [2.75, 3.05) is 13.7 Å². The second-order valence-corrected chi connectivity index (χ2v) is 3.99. The van der Waals surface area contributed by atoms with Gasteiger partial charge in [0.2, 0.25) is 0 Å². The largest absolute Gasteiger partial charge is 0.507 e. The molecule has 1 rings (SSSR count). The first kappa shape index (κ1) is 11.3. The molecule has 3 N–H and O–H groups in total. The van der Waals surface area contributed by atoms with Crippen LogP contribution in [0.25, 0.3) is 0 Å². The molecule has 0 spiro atoms. The van der Waals surface area contributed by atoms with Gasteiger partial charge in [-0.05, 0) is 46.1 Å². The monoisotopic (exact) mass is 259 g/mol. The third-order valence-corrected chi connectivity index (χ3v) is 2.98. The number of methoxy groups -OCH3 is 1. The minimum absolute atomic E-state index is 0.180. The third kappa shape index (κ3) is 2.19. The zero-order valence-electron chi connectivity index (χ0n) is 8.25. The van der Waals surface area contributed by atoms with E-state index in [2.05, 4.69) is 15.9 Å². The zero-order valence-corrected chi connectivity index (χ0v) is 9.84. The molecule has 0 aromatic heterocycles. The second kappa shape index (κ2) is 4.66. The highest BCUT2D eigenvalue weighted by Crippen LogP contribution is 2.36. The van der Waals surface area contributed by atoms with Crippen molar-refractivity contribution in [3.8, 4) is 11.5 Å². The number of hydrogen-bond donors (Lipinski definition) is 2. The quantitative estimate of drug-likeness (QED) is 0.876. The lowest BCUT2D eigenvalue weighted by atomic mass is 10.0. The fourth-order valence-corrected chi connectivity index (χ4v) is 1.56. The molecule has 0 aliphatic carbocycles. The molecule has 0 fully saturated rings. The Labute approximate surface area is 92.0 Å².